The molecule has 0 spiro atoms. The molecule has 2 N–H and O–H groups in total. The summed E-state index contributed by atoms with van der Waals surface area (Å²) >= 11 is 3.51. The summed E-state index contributed by atoms with van der Waals surface area (Å²) < 4.78 is 0.812. The number of hydrogen-bond acceptors (Lipinski definition) is 6. The Morgan fingerprint density at radius 1 is 0.857 bits per heavy atom. The Labute approximate surface area is 173 Å². The molecule has 0 aliphatic carbocycles. The van der Waals surface area contributed by atoms with E-state index in [0.29, 0.717) is 5.95 Å². The minimum absolute atomic E-state index is 0.550. The lowest BCUT2D eigenvalue weighted by Gasteiger charge is -2.34. The summed E-state index contributed by atoms with van der Waals surface area (Å²) in [7, 11) is 2.17. The van der Waals surface area contributed by atoms with E-state index in [1.807, 2.05) is 30.3 Å². The van der Waals surface area contributed by atoms with E-state index >= 15 is 0 Å². The van der Waals surface area contributed by atoms with Crippen molar-refractivity contribution >= 4 is 44.8 Å². The zero-order chi connectivity index (χ0) is 19.3. The Bertz CT molecular complexity index is 908. The number of rotatable bonds is 5. The third-order valence-corrected chi connectivity index (χ3v) is 5.35. The van der Waals surface area contributed by atoms with Crippen LogP contribution in [-0.4, -0.2) is 48.1 Å². The molecule has 1 aromatic heterocycles. The number of halogens is 1. The van der Waals surface area contributed by atoms with Crippen LogP contribution in [0.5, 0.6) is 0 Å². The van der Waals surface area contributed by atoms with Crippen molar-refractivity contribution in [3.05, 3.63) is 65.3 Å². The number of anilines is 5. The molecule has 1 saturated heterocycles. The highest BCUT2D eigenvalue weighted by Gasteiger charge is 2.14. The SMILES string of the molecule is CN1CCN(c2ccc(Nc3ncc(Br)c(Nc4ccccc4)n3)cc2)CC1. The predicted molar refractivity (Wildman–Crippen MR) is 119 cm³/mol. The van der Waals surface area contributed by atoms with Gasteiger partial charge in [0, 0.05) is 49.4 Å². The van der Waals surface area contributed by atoms with E-state index in [1.165, 1.54) is 5.69 Å². The molecule has 0 unspecified atom stereocenters. The van der Waals surface area contributed by atoms with Gasteiger partial charge in [-0.3, -0.25) is 0 Å². The zero-order valence-corrected chi connectivity index (χ0v) is 17.4. The van der Waals surface area contributed by atoms with Gasteiger partial charge >= 0.3 is 0 Å². The fourth-order valence-corrected chi connectivity index (χ4v) is 3.41. The van der Waals surface area contributed by atoms with Crippen LogP contribution >= 0.6 is 15.9 Å². The molecule has 6 nitrogen and oxygen atoms in total. The van der Waals surface area contributed by atoms with Gasteiger partial charge in [0.05, 0.1) is 4.47 Å². The van der Waals surface area contributed by atoms with E-state index in [0.717, 1.165) is 47.8 Å². The van der Waals surface area contributed by atoms with Gasteiger partial charge in [0.25, 0.3) is 0 Å². The molecule has 2 aromatic carbocycles. The van der Waals surface area contributed by atoms with Crippen LogP contribution in [0.4, 0.5) is 28.8 Å². The van der Waals surface area contributed by atoms with Gasteiger partial charge in [0.15, 0.2) is 0 Å². The number of nitrogens with zero attached hydrogens (tertiary/aromatic N) is 4. The maximum Gasteiger partial charge on any atom is 0.229 e. The van der Waals surface area contributed by atoms with Crippen LogP contribution in [0.3, 0.4) is 0 Å². The summed E-state index contributed by atoms with van der Waals surface area (Å²) in [6, 6.07) is 18.4. The van der Waals surface area contributed by atoms with Gasteiger partial charge in [0.1, 0.15) is 5.82 Å². The first kappa shape index (κ1) is 18.7. The second-order valence-corrected chi connectivity index (χ2v) is 7.70. The van der Waals surface area contributed by atoms with Crippen molar-refractivity contribution in [3.63, 3.8) is 0 Å². The molecule has 1 fully saturated rings. The Hall–Kier alpha value is -2.64. The quantitative estimate of drug-likeness (QED) is 0.612. The van der Waals surface area contributed by atoms with E-state index in [4.69, 9.17) is 0 Å². The monoisotopic (exact) mass is 438 g/mol. The Balaban J connectivity index is 1.44. The van der Waals surface area contributed by atoms with Crippen LogP contribution in [0.1, 0.15) is 0 Å². The van der Waals surface area contributed by atoms with Gasteiger partial charge in [-0.2, -0.15) is 4.98 Å². The topological polar surface area (TPSA) is 56.3 Å². The van der Waals surface area contributed by atoms with E-state index in [1.54, 1.807) is 6.20 Å². The summed E-state index contributed by atoms with van der Waals surface area (Å²) in [4.78, 5) is 13.7. The Morgan fingerprint density at radius 2 is 1.54 bits per heavy atom. The van der Waals surface area contributed by atoms with Gasteiger partial charge in [0.2, 0.25) is 5.95 Å². The second-order valence-electron chi connectivity index (χ2n) is 6.84. The van der Waals surface area contributed by atoms with Crippen molar-refractivity contribution < 1.29 is 0 Å². The minimum atomic E-state index is 0.550. The summed E-state index contributed by atoms with van der Waals surface area (Å²) in [5.74, 6) is 1.27. The average molecular weight is 439 g/mol. The summed E-state index contributed by atoms with van der Waals surface area (Å²) in [5, 5.41) is 6.59. The molecule has 7 heteroatoms. The van der Waals surface area contributed by atoms with Gasteiger partial charge < -0.3 is 20.4 Å². The molecule has 0 saturated carbocycles. The lowest BCUT2D eigenvalue weighted by Crippen LogP contribution is -2.44. The van der Waals surface area contributed by atoms with Crippen LogP contribution in [0, 0.1) is 0 Å². The number of likely N-dealkylation sites (N-methyl/N-ethyl adjacent to an activating group) is 1. The molecule has 0 atom stereocenters. The van der Waals surface area contributed by atoms with Crippen molar-refractivity contribution in [2.24, 2.45) is 0 Å². The highest BCUT2D eigenvalue weighted by atomic mass is 79.9. The van der Waals surface area contributed by atoms with Crippen molar-refractivity contribution in [2.45, 2.75) is 0 Å². The number of para-hydroxylation sites is 1. The zero-order valence-electron chi connectivity index (χ0n) is 15.8. The Morgan fingerprint density at radius 3 is 2.25 bits per heavy atom. The lowest BCUT2D eigenvalue weighted by molar-refractivity contribution is 0.313. The molecule has 0 radical (unpaired) electrons. The van der Waals surface area contributed by atoms with Gasteiger partial charge in [-0.15, -0.1) is 0 Å². The molecule has 0 amide bonds. The van der Waals surface area contributed by atoms with Crippen LogP contribution in [0.25, 0.3) is 0 Å². The van der Waals surface area contributed by atoms with Crippen molar-refractivity contribution in [2.75, 3.05) is 48.8 Å². The molecule has 0 bridgehead atoms. The normalized spacial score (nSPS) is 14.7. The van der Waals surface area contributed by atoms with Gasteiger partial charge in [-0.1, -0.05) is 18.2 Å². The summed E-state index contributed by atoms with van der Waals surface area (Å²) in [6.07, 6.45) is 1.75. The third-order valence-electron chi connectivity index (χ3n) is 4.77. The standard InChI is InChI=1S/C21H23BrN6/c1-27-11-13-28(14-12-27)18-9-7-17(8-10-18)25-21-23-15-19(22)20(26-21)24-16-5-3-2-4-6-16/h2-10,15H,11-14H2,1H3,(H2,23,24,25,26). The molecule has 28 heavy (non-hydrogen) atoms. The average Bonchev–Trinajstić information content (AvgIpc) is 2.73. The van der Waals surface area contributed by atoms with Crippen LogP contribution in [-0.2, 0) is 0 Å². The molecule has 144 valence electrons. The maximum absolute atomic E-state index is 4.59. The van der Waals surface area contributed by atoms with E-state index in [-0.39, 0.29) is 0 Å². The minimum Gasteiger partial charge on any atom is -0.369 e. The van der Waals surface area contributed by atoms with Crippen LogP contribution < -0.4 is 15.5 Å². The first-order chi connectivity index (χ1) is 13.7. The van der Waals surface area contributed by atoms with Crippen LogP contribution in [0.2, 0.25) is 0 Å². The first-order valence-electron chi connectivity index (χ1n) is 9.32. The molecule has 4 rings (SSSR count). The summed E-state index contributed by atoms with van der Waals surface area (Å²) in [6.45, 7) is 4.33. The number of aromatic nitrogens is 2. The van der Waals surface area contributed by atoms with Gasteiger partial charge in [-0.25, -0.2) is 4.98 Å². The van der Waals surface area contributed by atoms with Crippen molar-refractivity contribution in [3.8, 4) is 0 Å². The number of benzene rings is 2. The fourth-order valence-electron chi connectivity index (χ4n) is 3.12. The van der Waals surface area contributed by atoms with Crippen molar-refractivity contribution in [1.29, 1.82) is 0 Å². The lowest BCUT2D eigenvalue weighted by atomic mass is 10.2. The van der Waals surface area contributed by atoms with E-state index in [9.17, 15) is 0 Å². The largest absolute Gasteiger partial charge is 0.369 e. The maximum atomic E-state index is 4.59. The van der Waals surface area contributed by atoms with Crippen molar-refractivity contribution in [1.82, 2.24) is 14.9 Å². The van der Waals surface area contributed by atoms with Crippen LogP contribution in [0.15, 0.2) is 65.3 Å². The van der Waals surface area contributed by atoms with E-state index in [2.05, 4.69) is 77.6 Å². The molecule has 2 heterocycles. The number of piperazine rings is 1. The fraction of sp³-hybridized carbons (Fsp3) is 0.238. The summed E-state index contributed by atoms with van der Waals surface area (Å²) in [5.41, 5.74) is 3.19. The number of nitrogens with one attached hydrogen (secondary N) is 2. The van der Waals surface area contributed by atoms with Gasteiger partial charge in [-0.05, 0) is 59.4 Å². The molecule has 1 aliphatic heterocycles. The Kier molecular flexibility index (Phi) is 5.73. The molecule has 1 aliphatic rings. The second kappa shape index (κ2) is 8.58. The number of hydrogen-bond donors (Lipinski definition) is 2. The molecular formula is C21H23BrN6. The molecule has 3 aromatic rings. The predicted octanol–water partition coefficient (Wildman–Crippen LogP) is 4.48. The van der Waals surface area contributed by atoms with E-state index < -0.39 is 0 Å². The molecular weight excluding hydrogens is 416 g/mol. The highest BCUT2D eigenvalue weighted by molar-refractivity contribution is 9.10. The first-order valence-corrected chi connectivity index (χ1v) is 10.1. The highest BCUT2D eigenvalue weighted by Crippen LogP contribution is 2.26. The third kappa shape index (κ3) is 4.61. The smallest absolute Gasteiger partial charge is 0.229 e.